The standard InChI is InChI=1S/C23H30ClN3O5S2/c1-15(2)11-18(25-22(30)32-23(3,4)5)21(29)27-34(31,20-13-17(24)14-33-20)26-19(28)12-16-9-7-6-8-10-16/h6-10,13-15,18H,11-12H2,1-5H3,(H,25,30)(H,26,27,28,29,31)/t18-,34?/m0/s1. The van der Waals surface area contributed by atoms with E-state index in [1.807, 2.05) is 19.9 Å². The lowest BCUT2D eigenvalue weighted by Gasteiger charge is -2.23. The Kier molecular flexibility index (Phi) is 9.66. The molecule has 0 aliphatic rings. The minimum atomic E-state index is -3.70. The van der Waals surface area contributed by atoms with E-state index in [1.54, 1.807) is 45.0 Å². The summed E-state index contributed by atoms with van der Waals surface area (Å²) >= 11 is 7.02. The second-order valence-electron chi connectivity index (χ2n) is 9.06. The van der Waals surface area contributed by atoms with Crippen molar-refractivity contribution in [2.75, 3.05) is 0 Å². The maximum Gasteiger partial charge on any atom is 0.408 e. The number of nitrogens with one attached hydrogen (secondary N) is 2. The van der Waals surface area contributed by atoms with Crippen molar-refractivity contribution in [3.63, 3.8) is 0 Å². The monoisotopic (exact) mass is 527 g/mol. The summed E-state index contributed by atoms with van der Waals surface area (Å²) in [6, 6.07) is 9.21. The van der Waals surface area contributed by atoms with Crippen LogP contribution in [0.2, 0.25) is 5.02 Å². The van der Waals surface area contributed by atoms with E-state index in [0.717, 1.165) is 11.3 Å². The Morgan fingerprint density at radius 3 is 2.35 bits per heavy atom. The number of halogens is 1. The molecule has 1 aromatic heterocycles. The fourth-order valence-electron chi connectivity index (χ4n) is 2.86. The van der Waals surface area contributed by atoms with Gasteiger partial charge in [0, 0.05) is 5.38 Å². The number of thiophene rings is 1. The van der Waals surface area contributed by atoms with Gasteiger partial charge in [0.1, 0.15) is 15.9 Å². The molecule has 1 aromatic carbocycles. The topological polar surface area (TPSA) is 114 Å². The van der Waals surface area contributed by atoms with Crippen LogP contribution in [0.4, 0.5) is 4.79 Å². The smallest absolute Gasteiger partial charge is 0.408 e. The predicted molar refractivity (Wildman–Crippen MR) is 134 cm³/mol. The number of benzene rings is 1. The first-order chi connectivity index (χ1) is 15.8. The van der Waals surface area contributed by atoms with Crippen molar-refractivity contribution in [3.05, 3.63) is 52.4 Å². The quantitative estimate of drug-likeness (QED) is 0.503. The van der Waals surface area contributed by atoms with Crippen molar-refractivity contribution in [1.82, 2.24) is 10.0 Å². The Hall–Kier alpha value is -2.43. The van der Waals surface area contributed by atoms with Crippen molar-refractivity contribution in [2.24, 2.45) is 10.3 Å². The first-order valence-electron chi connectivity index (χ1n) is 10.7. The largest absolute Gasteiger partial charge is 0.444 e. The van der Waals surface area contributed by atoms with Crippen molar-refractivity contribution >= 4 is 50.8 Å². The third-order valence-corrected chi connectivity index (χ3v) is 7.83. The van der Waals surface area contributed by atoms with Crippen LogP contribution in [0.15, 0.2) is 50.4 Å². The summed E-state index contributed by atoms with van der Waals surface area (Å²) in [5, 5.41) is 4.35. The molecule has 2 aromatic rings. The van der Waals surface area contributed by atoms with Gasteiger partial charge in [0.15, 0.2) is 9.92 Å². The number of hydrogen-bond acceptors (Lipinski definition) is 6. The maximum absolute atomic E-state index is 13.8. The molecule has 2 rings (SSSR count). The molecule has 2 atom stereocenters. The summed E-state index contributed by atoms with van der Waals surface area (Å²) in [4.78, 5) is 38.1. The molecule has 2 N–H and O–H groups in total. The van der Waals surface area contributed by atoms with E-state index in [-0.39, 0.29) is 23.0 Å². The van der Waals surface area contributed by atoms with Crippen molar-refractivity contribution < 1.29 is 23.3 Å². The molecule has 0 fully saturated rings. The lowest BCUT2D eigenvalue weighted by atomic mass is 10.0. The second-order valence-corrected chi connectivity index (χ2v) is 12.5. The van der Waals surface area contributed by atoms with Crippen LogP contribution in [0.3, 0.4) is 0 Å². The number of nitrogens with zero attached hydrogens (tertiary/aromatic N) is 1. The first-order valence-corrected chi connectivity index (χ1v) is 13.4. The Balaban J connectivity index is 2.36. The van der Waals surface area contributed by atoms with Crippen molar-refractivity contribution in [3.8, 4) is 0 Å². The van der Waals surface area contributed by atoms with Gasteiger partial charge in [0.2, 0.25) is 5.91 Å². The Labute approximate surface area is 209 Å². The Morgan fingerprint density at radius 2 is 1.82 bits per heavy atom. The van der Waals surface area contributed by atoms with Gasteiger partial charge in [-0.1, -0.05) is 55.8 Å². The summed E-state index contributed by atoms with van der Waals surface area (Å²) in [5.74, 6) is -1.40. The van der Waals surface area contributed by atoms with E-state index in [4.69, 9.17) is 16.3 Å². The summed E-state index contributed by atoms with van der Waals surface area (Å²) in [6.45, 7) is 8.84. The van der Waals surface area contributed by atoms with Crippen LogP contribution >= 0.6 is 22.9 Å². The zero-order valence-corrected chi connectivity index (χ0v) is 22.2. The summed E-state index contributed by atoms with van der Waals surface area (Å²) in [7, 11) is -3.70. The highest BCUT2D eigenvalue weighted by atomic mass is 35.5. The van der Waals surface area contributed by atoms with Crippen molar-refractivity contribution in [1.29, 1.82) is 0 Å². The molecular weight excluding hydrogens is 498 g/mol. The maximum atomic E-state index is 13.8. The number of alkyl carbamates (subject to hydrolysis) is 1. The highest BCUT2D eigenvalue weighted by Gasteiger charge is 2.28. The number of carbonyl (C=O) groups excluding carboxylic acids is 3. The number of carbonyl (C=O) groups is 3. The zero-order valence-electron chi connectivity index (χ0n) is 19.8. The number of rotatable bonds is 8. The predicted octanol–water partition coefficient (Wildman–Crippen LogP) is 4.97. The lowest BCUT2D eigenvalue weighted by molar-refractivity contribution is -0.120. The van der Waals surface area contributed by atoms with Gasteiger partial charge in [-0.3, -0.25) is 14.3 Å². The first kappa shape index (κ1) is 27.8. The number of hydrogen-bond donors (Lipinski definition) is 2. The normalized spacial score (nSPS) is 14.1. The highest BCUT2D eigenvalue weighted by molar-refractivity contribution is 7.94. The van der Waals surface area contributed by atoms with E-state index in [2.05, 4.69) is 14.4 Å². The van der Waals surface area contributed by atoms with Gasteiger partial charge in [-0.2, -0.15) is 0 Å². The molecule has 11 heteroatoms. The molecule has 3 amide bonds. The van der Waals surface area contributed by atoms with Crippen LogP contribution in [0, 0.1) is 5.92 Å². The molecule has 34 heavy (non-hydrogen) atoms. The van der Waals surface area contributed by atoms with E-state index >= 15 is 0 Å². The van der Waals surface area contributed by atoms with Gasteiger partial charge in [-0.25, -0.2) is 9.00 Å². The fraction of sp³-hybridized carbons (Fsp3) is 0.435. The van der Waals surface area contributed by atoms with Gasteiger partial charge < -0.3 is 10.1 Å². The average Bonchev–Trinajstić information content (AvgIpc) is 3.13. The van der Waals surface area contributed by atoms with Crippen LogP contribution in [0.25, 0.3) is 0 Å². The minimum Gasteiger partial charge on any atom is -0.444 e. The van der Waals surface area contributed by atoms with Crippen LogP contribution < -0.4 is 10.0 Å². The van der Waals surface area contributed by atoms with Crippen LogP contribution in [0.5, 0.6) is 0 Å². The summed E-state index contributed by atoms with van der Waals surface area (Å²) in [6.07, 6.45) is -0.604. The zero-order chi connectivity index (χ0) is 25.5. The minimum absolute atomic E-state index is 0.0130. The van der Waals surface area contributed by atoms with Crippen LogP contribution in [-0.2, 0) is 30.7 Å². The van der Waals surface area contributed by atoms with E-state index in [1.165, 1.54) is 11.4 Å². The van der Waals surface area contributed by atoms with Gasteiger partial charge in [0.05, 0.1) is 11.4 Å². The van der Waals surface area contributed by atoms with Gasteiger partial charge in [0.25, 0.3) is 5.91 Å². The van der Waals surface area contributed by atoms with E-state index in [9.17, 15) is 18.6 Å². The van der Waals surface area contributed by atoms with E-state index in [0.29, 0.717) is 10.6 Å². The molecule has 1 heterocycles. The summed E-state index contributed by atoms with van der Waals surface area (Å²) < 4.78 is 25.5. The SMILES string of the molecule is CC(C)C[C@H](NC(=O)OC(C)(C)C)C(=O)N=S(=O)(NC(=O)Cc1ccccc1)c1cc(Cl)cs1. The molecule has 0 spiro atoms. The van der Waals surface area contributed by atoms with Gasteiger partial charge >= 0.3 is 6.09 Å². The van der Waals surface area contributed by atoms with Gasteiger partial charge in [-0.05, 0) is 44.7 Å². The molecular formula is C23H30ClN3O5S2. The third kappa shape index (κ3) is 9.08. The van der Waals surface area contributed by atoms with Crippen molar-refractivity contribution in [2.45, 2.75) is 63.3 Å². The van der Waals surface area contributed by atoms with E-state index < -0.39 is 39.5 Å². The molecule has 0 saturated heterocycles. The Morgan fingerprint density at radius 1 is 1.18 bits per heavy atom. The number of ether oxygens (including phenoxy) is 1. The molecule has 0 radical (unpaired) electrons. The van der Waals surface area contributed by atoms with Gasteiger partial charge in [-0.15, -0.1) is 15.7 Å². The molecule has 0 aliphatic carbocycles. The fourth-order valence-corrected chi connectivity index (χ4v) is 5.91. The molecule has 0 saturated carbocycles. The van der Waals surface area contributed by atoms with Crippen LogP contribution in [-0.4, -0.2) is 33.8 Å². The Bertz CT molecular complexity index is 1130. The highest BCUT2D eigenvalue weighted by Crippen LogP contribution is 2.25. The molecule has 8 nitrogen and oxygen atoms in total. The average molecular weight is 528 g/mol. The number of amides is 3. The molecule has 186 valence electrons. The summed E-state index contributed by atoms with van der Waals surface area (Å²) in [5.41, 5.74) is -0.0548. The molecule has 0 bridgehead atoms. The van der Waals surface area contributed by atoms with Crippen LogP contribution in [0.1, 0.15) is 46.6 Å². The molecule has 1 unspecified atom stereocenters. The lowest BCUT2D eigenvalue weighted by Crippen LogP contribution is -2.44. The molecule has 0 aliphatic heterocycles. The third-order valence-electron chi connectivity index (χ3n) is 4.19. The second kappa shape index (κ2) is 11.8.